The van der Waals surface area contributed by atoms with Gasteiger partial charge in [-0.2, -0.15) is 0 Å². The fourth-order valence-corrected chi connectivity index (χ4v) is 4.34. The molecular weight excluding hydrogens is 427 g/mol. The van der Waals surface area contributed by atoms with Crippen molar-refractivity contribution < 1.29 is 14.3 Å². The number of Topliss-reactive ketones (excluding diaryl/α,β-unsaturated/α-hetero) is 2. The molecule has 0 N–H and O–H groups in total. The van der Waals surface area contributed by atoms with Gasteiger partial charge in [-0.3, -0.25) is 9.59 Å². The van der Waals surface area contributed by atoms with Gasteiger partial charge in [-0.15, -0.1) is 0 Å². The molecule has 4 rings (SSSR count). The van der Waals surface area contributed by atoms with E-state index in [4.69, 9.17) is 4.74 Å². The van der Waals surface area contributed by atoms with Gasteiger partial charge in [-0.05, 0) is 74.4 Å². The van der Waals surface area contributed by atoms with Crippen molar-refractivity contribution >= 4 is 34.2 Å². The van der Waals surface area contributed by atoms with E-state index in [0.29, 0.717) is 18.6 Å². The number of benzene rings is 2. The summed E-state index contributed by atoms with van der Waals surface area (Å²) in [6.45, 7) is 6.08. The topological polar surface area (TPSA) is 43.4 Å². The Morgan fingerprint density at radius 2 is 2.00 bits per heavy atom. The standard InChI is InChI=1S/C21H17IO3/c1-11(22)15-5-6-20(24)18-9-21-19(8-17(15)18)16-4-3-13(12(2)23)7-14(16)10-25-21/h3-4,7-9,15H,1,5-6,10H2,2H3. The Morgan fingerprint density at radius 3 is 2.72 bits per heavy atom. The lowest BCUT2D eigenvalue weighted by Crippen LogP contribution is -2.17. The lowest BCUT2D eigenvalue weighted by Gasteiger charge is -2.28. The smallest absolute Gasteiger partial charge is 0.163 e. The maximum Gasteiger partial charge on any atom is 0.163 e. The van der Waals surface area contributed by atoms with Gasteiger partial charge < -0.3 is 4.74 Å². The van der Waals surface area contributed by atoms with Crippen LogP contribution in [-0.2, 0) is 6.61 Å². The van der Waals surface area contributed by atoms with Crippen molar-refractivity contribution in [3.63, 3.8) is 0 Å². The molecule has 1 aliphatic heterocycles. The minimum absolute atomic E-state index is 0.0471. The van der Waals surface area contributed by atoms with Crippen LogP contribution in [0.2, 0.25) is 0 Å². The molecule has 4 heteroatoms. The third kappa shape index (κ3) is 2.72. The number of carbonyl (C=O) groups excluding carboxylic acids is 2. The van der Waals surface area contributed by atoms with Gasteiger partial charge in [-0.1, -0.05) is 18.7 Å². The highest BCUT2D eigenvalue weighted by Gasteiger charge is 2.30. The van der Waals surface area contributed by atoms with Crippen molar-refractivity contribution in [1.82, 2.24) is 0 Å². The third-order valence-electron chi connectivity index (χ3n) is 5.05. The summed E-state index contributed by atoms with van der Waals surface area (Å²) in [5, 5.41) is 0. The average molecular weight is 444 g/mol. The normalized spacial score (nSPS) is 17.8. The minimum atomic E-state index is 0.0471. The molecule has 2 aromatic rings. The molecule has 0 aromatic heterocycles. The van der Waals surface area contributed by atoms with Crippen molar-refractivity contribution in [2.45, 2.75) is 32.3 Å². The van der Waals surface area contributed by atoms with Crippen LogP contribution in [0.1, 0.15) is 57.5 Å². The number of fused-ring (bicyclic) bond motifs is 4. The van der Waals surface area contributed by atoms with Crippen LogP contribution in [0.4, 0.5) is 0 Å². The summed E-state index contributed by atoms with van der Waals surface area (Å²) in [5.41, 5.74) is 5.57. The molecule has 0 saturated carbocycles. The van der Waals surface area contributed by atoms with Crippen LogP contribution >= 0.6 is 22.6 Å². The number of hydrogen-bond donors (Lipinski definition) is 0. The maximum absolute atomic E-state index is 12.4. The lowest BCUT2D eigenvalue weighted by atomic mass is 9.79. The Bertz CT molecular complexity index is 942. The van der Waals surface area contributed by atoms with Crippen molar-refractivity contribution in [3.05, 3.63) is 62.7 Å². The average Bonchev–Trinajstić information content (AvgIpc) is 2.60. The summed E-state index contributed by atoms with van der Waals surface area (Å²) in [5.74, 6) is 1.16. The van der Waals surface area contributed by atoms with E-state index in [2.05, 4.69) is 35.2 Å². The van der Waals surface area contributed by atoms with Crippen LogP contribution in [0.3, 0.4) is 0 Å². The SMILES string of the molecule is C=C(I)C1CCC(=O)c2cc3c(cc21)-c1ccc(C(C)=O)cc1CO3. The molecule has 0 amide bonds. The van der Waals surface area contributed by atoms with E-state index in [1.807, 2.05) is 24.3 Å². The van der Waals surface area contributed by atoms with E-state index in [1.54, 1.807) is 6.92 Å². The van der Waals surface area contributed by atoms with Crippen LogP contribution in [0.5, 0.6) is 5.75 Å². The monoisotopic (exact) mass is 444 g/mol. The van der Waals surface area contributed by atoms with E-state index >= 15 is 0 Å². The number of ether oxygens (including phenoxy) is 1. The zero-order valence-electron chi connectivity index (χ0n) is 13.9. The van der Waals surface area contributed by atoms with Gasteiger partial charge in [0.15, 0.2) is 11.6 Å². The van der Waals surface area contributed by atoms with Gasteiger partial charge in [0.1, 0.15) is 12.4 Å². The van der Waals surface area contributed by atoms with Gasteiger partial charge in [0.2, 0.25) is 0 Å². The van der Waals surface area contributed by atoms with E-state index in [-0.39, 0.29) is 17.5 Å². The second-order valence-electron chi connectivity index (χ2n) is 6.61. The predicted octanol–water partition coefficient (Wildman–Crippen LogP) is 5.46. The van der Waals surface area contributed by atoms with Crippen LogP contribution < -0.4 is 4.74 Å². The van der Waals surface area contributed by atoms with Gasteiger partial charge in [-0.25, -0.2) is 0 Å². The summed E-state index contributed by atoms with van der Waals surface area (Å²) < 4.78 is 6.96. The molecule has 0 bridgehead atoms. The zero-order chi connectivity index (χ0) is 17.7. The van der Waals surface area contributed by atoms with Gasteiger partial charge in [0, 0.05) is 29.0 Å². The molecular formula is C21H17IO3. The van der Waals surface area contributed by atoms with Crippen molar-refractivity contribution in [1.29, 1.82) is 0 Å². The molecule has 0 fully saturated rings. The van der Waals surface area contributed by atoms with Crippen LogP contribution in [-0.4, -0.2) is 11.6 Å². The van der Waals surface area contributed by atoms with E-state index in [1.165, 1.54) is 0 Å². The van der Waals surface area contributed by atoms with E-state index in [9.17, 15) is 9.59 Å². The van der Waals surface area contributed by atoms with Crippen molar-refractivity contribution in [2.24, 2.45) is 0 Å². The molecule has 1 heterocycles. The number of ketones is 2. The Morgan fingerprint density at radius 1 is 1.20 bits per heavy atom. The van der Waals surface area contributed by atoms with Crippen LogP contribution in [0.15, 0.2) is 40.5 Å². The first-order valence-electron chi connectivity index (χ1n) is 8.28. The Labute approximate surface area is 160 Å². The first-order chi connectivity index (χ1) is 12.0. The number of halogens is 1. The maximum atomic E-state index is 12.4. The van der Waals surface area contributed by atoms with Gasteiger partial charge in [0.05, 0.1) is 0 Å². The molecule has 3 nitrogen and oxygen atoms in total. The van der Waals surface area contributed by atoms with Gasteiger partial charge >= 0.3 is 0 Å². The minimum Gasteiger partial charge on any atom is -0.488 e. The molecule has 0 spiro atoms. The highest BCUT2D eigenvalue weighted by molar-refractivity contribution is 14.1. The zero-order valence-corrected chi connectivity index (χ0v) is 16.1. The quantitative estimate of drug-likeness (QED) is 0.457. The number of rotatable bonds is 2. The van der Waals surface area contributed by atoms with E-state index in [0.717, 1.165) is 43.6 Å². The van der Waals surface area contributed by atoms with Crippen molar-refractivity contribution in [3.8, 4) is 16.9 Å². The molecule has 2 aromatic carbocycles. The van der Waals surface area contributed by atoms with Crippen molar-refractivity contribution in [2.75, 3.05) is 0 Å². The molecule has 25 heavy (non-hydrogen) atoms. The van der Waals surface area contributed by atoms with Gasteiger partial charge in [0.25, 0.3) is 0 Å². The second kappa shape index (κ2) is 6.09. The highest BCUT2D eigenvalue weighted by Crippen LogP contribution is 2.46. The molecule has 0 saturated heterocycles. The summed E-state index contributed by atoms with van der Waals surface area (Å²) in [7, 11) is 0. The Hall–Kier alpha value is -1.95. The fraction of sp³-hybridized carbons (Fsp3) is 0.238. The number of hydrogen-bond acceptors (Lipinski definition) is 3. The summed E-state index contributed by atoms with van der Waals surface area (Å²) >= 11 is 2.26. The molecule has 1 unspecified atom stereocenters. The summed E-state index contributed by atoms with van der Waals surface area (Å²) in [6.07, 6.45) is 1.36. The molecule has 2 aliphatic rings. The molecule has 126 valence electrons. The fourth-order valence-electron chi connectivity index (χ4n) is 3.70. The molecule has 0 radical (unpaired) electrons. The lowest BCUT2D eigenvalue weighted by molar-refractivity contribution is 0.0967. The molecule has 1 atom stereocenters. The highest BCUT2D eigenvalue weighted by atomic mass is 127. The van der Waals surface area contributed by atoms with Crippen LogP contribution in [0.25, 0.3) is 11.1 Å². The number of allylic oxidation sites excluding steroid dienone is 1. The third-order valence-corrected chi connectivity index (χ3v) is 5.80. The van der Waals surface area contributed by atoms with Crippen LogP contribution in [0, 0.1) is 0 Å². The number of carbonyl (C=O) groups is 2. The first-order valence-corrected chi connectivity index (χ1v) is 9.36. The second-order valence-corrected chi connectivity index (χ2v) is 8.00. The van der Waals surface area contributed by atoms with E-state index < -0.39 is 0 Å². The predicted molar refractivity (Wildman–Crippen MR) is 106 cm³/mol. The Balaban J connectivity index is 1.90. The summed E-state index contributed by atoms with van der Waals surface area (Å²) in [6, 6.07) is 9.72. The molecule has 1 aliphatic carbocycles. The summed E-state index contributed by atoms with van der Waals surface area (Å²) in [4.78, 5) is 24.0. The first kappa shape index (κ1) is 16.5. The largest absolute Gasteiger partial charge is 0.488 e. The Kier molecular flexibility index (Phi) is 4.02.